The first-order chi connectivity index (χ1) is 9.84. The van der Waals surface area contributed by atoms with Gasteiger partial charge >= 0.3 is 6.18 Å². The third-order valence-electron chi connectivity index (χ3n) is 2.82. The van der Waals surface area contributed by atoms with Crippen molar-refractivity contribution in [2.24, 2.45) is 0 Å². The van der Waals surface area contributed by atoms with Crippen LogP contribution in [0.2, 0.25) is 5.15 Å². The first kappa shape index (κ1) is 14.2. The highest BCUT2D eigenvalue weighted by Crippen LogP contribution is 2.33. The van der Waals surface area contributed by atoms with Crippen molar-refractivity contribution in [2.45, 2.75) is 13.1 Å². The van der Waals surface area contributed by atoms with Crippen LogP contribution in [0.1, 0.15) is 10.6 Å². The van der Waals surface area contributed by atoms with Crippen molar-refractivity contribution in [1.82, 2.24) is 15.0 Å². The van der Waals surface area contributed by atoms with E-state index in [1.165, 1.54) is 17.4 Å². The minimum Gasteiger partial charge on any atom is -0.249 e. The average molecular weight is 330 g/mol. The van der Waals surface area contributed by atoms with E-state index in [0.29, 0.717) is 10.3 Å². The molecule has 0 bridgehead atoms. The number of benzene rings is 1. The van der Waals surface area contributed by atoms with E-state index >= 15 is 0 Å². The average Bonchev–Trinajstić information content (AvgIpc) is 2.83. The molecule has 3 aromatic rings. The van der Waals surface area contributed by atoms with Gasteiger partial charge < -0.3 is 0 Å². The first-order valence-corrected chi connectivity index (χ1v) is 7.01. The minimum absolute atomic E-state index is 0.120. The van der Waals surface area contributed by atoms with E-state index in [4.69, 9.17) is 11.6 Å². The predicted molar refractivity (Wildman–Crippen MR) is 75.4 cm³/mol. The van der Waals surface area contributed by atoms with Crippen LogP contribution in [0.4, 0.5) is 13.2 Å². The Labute approximate surface area is 126 Å². The van der Waals surface area contributed by atoms with E-state index in [9.17, 15) is 13.2 Å². The summed E-state index contributed by atoms with van der Waals surface area (Å²) in [6, 6.07) is 3.22. The van der Waals surface area contributed by atoms with Crippen molar-refractivity contribution in [3.05, 3.63) is 40.1 Å². The standard InChI is InChI=1S/C13H7ClF3N3S/c1-6-18-5-10(21-6)12-19-9-4-7(13(15,16)17)2-3-8(9)11(14)20-12/h2-5H,1H3. The summed E-state index contributed by atoms with van der Waals surface area (Å²) in [4.78, 5) is 13.0. The van der Waals surface area contributed by atoms with Crippen molar-refractivity contribution in [3.63, 3.8) is 0 Å². The van der Waals surface area contributed by atoms with E-state index in [1.54, 1.807) is 6.20 Å². The van der Waals surface area contributed by atoms with Gasteiger partial charge in [0, 0.05) is 11.6 Å². The van der Waals surface area contributed by atoms with Gasteiger partial charge in [-0.3, -0.25) is 0 Å². The van der Waals surface area contributed by atoms with E-state index in [2.05, 4.69) is 15.0 Å². The Morgan fingerprint density at radius 1 is 1.19 bits per heavy atom. The van der Waals surface area contributed by atoms with Crippen molar-refractivity contribution in [3.8, 4) is 10.7 Å². The molecule has 0 saturated carbocycles. The Morgan fingerprint density at radius 2 is 1.95 bits per heavy atom. The quantitative estimate of drug-likeness (QED) is 0.606. The Balaban J connectivity index is 2.21. The molecule has 0 amide bonds. The predicted octanol–water partition coefficient (Wildman–Crippen LogP) is 4.73. The number of aromatic nitrogens is 3. The largest absolute Gasteiger partial charge is 0.416 e. The summed E-state index contributed by atoms with van der Waals surface area (Å²) in [5.41, 5.74) is -0.609. The molecular weight excluding hydrogens is 323 g/mol. The Bertz CT molecular complexity index is 829. The summed E-state index contributed by atoms with van der Waals surface area (Å²) in [5, 5.41) is 1.32. The molecule has 8 heteroatoms. The summed E-state index contributed by atoms with van der Waals surface area (Å²) in [7, 11) is 0. The van der Waals surface area contributed by atoms with E-state index in [1.807, 2.05) is 6.92 Å². The maximum absolute atomic E-state index is 12.8. The van der Waals surface area contributed by atoms with Gasteiger partial charge in [-0.2, -0.15) is 13.2 Å². The molecule has 0 radical (unpaired) electrons. The van der Waals surface area contributed by atoms with Crippen LogP contribution in [-0.4, -0.2) is 15.0 Å². The zero-order valence-electron chi connectivity index (χ0n) is 10.6. The maximum atomic E-state index is 12.8. The fourth-order valence-electron chi connectivity index (χ4n) is 1.84. The summed E-state index contributed by atoms with van der Waals surface area (Å²) in [5.74, 6) is 0.275. The van der Waals surface area contributed by atoms with Crippen molar-refractivity contribution in [1.29, 1.82) is 0 Å². The second kappa shape index (κ2) is 4.92. The van der Waals surface area contributed by atoms with Crippen LogP contribution in [0.3, 0.4) is 0 Å². The lowest BCUT2D eigenvalue weighted by Gasteiger charge is -2.08. The lowest BCUT2D eigenvalue weighted by molar-refractivity contribution is -0.137. The van der Waals surface area contributed by atoms with Crippen LogP contribution in [0, 0.1) is 6.92 Å². The smallest absolute Gasteiger partial charge is 0.249 e. The molecule has 0 spiro atoms. The zero-order valence-corrected chi connectivity index (χ0v) is 12.1. The number of hydrogen-bond donors (Lipinski definition) is 0. The second-order valence-corrected chi connectivity index (χ2v) is 5.90. The van der Waals surface area contributed by atoms with Gasteiger partial charge in [0.1, 0.15) is 5.15 Å². The third-order valence-corrected chi connectivity index (χ3v) is 4.02. The molecular formula is C13H7ClF3N3S. The highest BCUT2D eigenvalue weighted by atomic mass is 35.5. The summed E-state index contributed by atoms with van der Waals surface area (Å²) >= 11 is 7.39. The number of thiazole rings is 1. The van der Waals surface area contributed by atoms with Crippen molar-refractivity contribution in [2.75, 3.05) is 0 Å². The molecule has 1 aromatic carbocycles. The van der Waals surface area contributed by atoms with Gasteiger partial charge in [0.15, 0.2) is 5.82 Å². The zero-order chi connectivity index (χ0) is 15.2. The van der Waals surface area contributed by atoms with Gasteiger partial charge in [-0.15, -0.1) is 11.3 Å². The van der Waals surface area contributed by atoms with Crippen LogP contribution in [-0.2, 0) is 6.18 Å². The molecule has 0 unspecified atom stereocenters. The molecule has 21 heavy (non-hydrogen) atoms. The molecule has 0 aliphatic heterocycles. The number of alkyl halides is 3. The van der Waals surface area contributed by atoms with Gasteiger partial charge in [0.2, 0.25) is 0 Å². The summed E-state index contributed by atoms with van der Waals surface area (Å²) < 4.78 is 38.3. The molecule has 2 heterocycles. The lowest BCUT2D eigenvalue weighted by atomic mass is 10.1. The van der Waals surface area contributed by atoms with Gasteiger partial charge in [0.05, 0.1) is 21.0 Å². The maximum Gasteiger partial charge on any atom is 0.416 e. The van der Waals surface area contributed by atoms with Gasteiger partial charge in [-0.05, 0) is 25.1 Å². The van der Waals surface area contributed by atoms with Crippen LogP contribution in [0.5, 0.6) is 0 Å². The molecule has 0 atom stereocenters. The number of aryl methyl sites for hydroxylation is 1. The summed E-state index contributed by atoms with van der Waals surface area (Å²) in [6.07, 6.45) is -2.85. The molecule has 108 valence electrons. The third kappa shape index (κ3) is 2.71. The molecule has 0 aliphatic carbocycles. The Kier molecular flexibility index (Phi) is 3.33. The number of nitrogens with zero attached hydrogens (tertiary/aromatic N) is 3. The molecule has 0 N–H and O–H groups in total. The molecule has 3 nitrogen and oxygen atoms in total. The topological polar surface area (TPSA) is 38.7 Å². The first-order valence-electron chi connectivity index (χ1n) is 5.82. The molecule has 0 saturated heterocycles. The molecule has 3 rings (SSSR count). The SMILES string of the molecule is Cc1ncc(-c2nc(Cl)c3ccc(C(F)(F)F)cc3n2)s1. The number of rotatable bonds is 1. The summed E-state index contributed by atoms with van der Waals surface area (Å²) in [6.45, 7) is 1.82. The highest BCUT2D eigenvalue weighted by Gasteiger charge is 2.30. The lowest BCUT2D eigenvalue weighted by Crippen LogP contribution is -2.05. The van der Waals surface area contributed by atoms with Crippen LogP contribution >= 0.6 is 22.9 Å². The van der Waals surface area contributed by atoms with Crippen LogP contribution < -0.4 is 0 Å². The van der Waals surface area contributed by atoms with Gasteiger partial charge in [-0.1, -0.05) is 11.6 Å². The Morgan fingerprint density at radius 3 is 2.57 bits per heavy atom. The van der Waals surface area contributed by atoms with E-state index in [0.717, 1.165) is 17.1 Å². The normalized spacial score (nSPS) is 12.0. The Hall–Kier alpha value is -1.73. The van der Waals surface area contributed by atoms with Crippen LogP contribution in [0.15, 0.2) is 24.4 Å². The fraction of sp³-hybridized carbons (Fsp3) is 0.154. The van der Waals surface area contributed by atoms with Crippen molar-refractivity contribution >= 4 is 33.8 Å². The number of fused-ring (bicyclic) bond motifs is 1. The fourth-order valence-corrected chi connectivity index (χ4v) is 2.79. The monoisotopic (exact) mass is 329 g/mol. The second-order valence-electron chi connectivity index (χ2n) is 4.31. The van der Waals surface area contributed by atoms with E-state index in [-0.39, 0.29) is 16.5 Å². The molecule has 0 aliphatic rings. The van der Waals surface area contributed by atoms with Gasteiger partial charge in [0.25, 0.3) is 0 Å². The van der Waals surface area contributed by atoms with Crippen molar-refractivity contribution < 1.29 is 13.2 Å². The minimum atomic E-state index is -4.42. The van der Waals surface area contributed by atoms with Gasteiger partial charge in [-0.25, -0.2) is 15.0 Å². The molecule has 0 fully saturated rings. The van der Waals surface area contributed by atoms with Crippen LogP contribution in [0.25, 0.3) is 21.6 Å². The number of halogens is 4. The highest BCUT2D eigenvalue weighted by molar-refractivity contribution is 7.14. The molecule has 2 aromatic heterocycles. The van der Waals surface area contributed by atoms with E-state index < -0.39 is 11.7 Å². The number of hydrogen-bond acceptors (Lipinski definition) is 4.